The summed E-state index contributed by atoms with van der Waals surface area (Å²) < 4.78 is 26.8. The standard InChI is InChI=1S/C20H17BrFN3O3/c1-12-13(2)25(10-15-4-3-7-27-15)20(16(12)9-23)24-19(26)11-28-18-6-5-14(21)8-17(18)22/h3-8H,10-11H2,1-2H3,(H,24,26). The first-order valence-electron chi connectivity index (χ1n) is 8.40. The van der Waals surface area contributed by atoms with E-state index in [1.165, 1.54) is 12.1 Å². The summed E-state index contributed by atoms with van der Waals surface area (Å²) in [6.45, 7) is 3.64. The number of hydrogen-bond acceptors (Lipinski definition) is 4. The number of nitriles is 1. The van der Waals surface area contributed by atoms with E-state index in [1.54, 1.807) is 23.0 Å². The number of hydrogen-bond donors (Lipinski definition) is 1. The van der Waals surface area contributed by atoms with Crippen molar-refractivity contribution in [1.29, 1.82) is 5.26 Å². The number of ether oxygens (including phenoxy) is 1. The van der Waals surface area contributed by atoms with Crippen LogP contribution in [-0.4, -0.2) is 17.1 Å². The van der Waals surface area contributed by atoms with Crippen LogP contribution in [0.15, 0.2) is 45.5 Å². The van der Waals surface area contributed by atoms with E-state index >= 15 is 0 Å². The lowest BCUT2D eigenvalue weighted by Crippen LogP contribution is -2.23. The van der Waals surface area contributed by atoms with Gasteiger partial charge in [0.2, 0.25) is 0 Å². The highest BCUT2D eigenvalue weighted by molar-refractivity contribution is 9.10. The first-order chi connectivity index (χ1) is 13.4. The quantitative estimate of drug-likeness (QED) is 0.603. The Balaban J connectivity index is 1.79. The topological polar surface area (TPSA) is 80.2 Å². The molecule has 0 fully saturated rings. The molecule has 1 aromatic carbocycles. The minimum atomic E-state index is -0.576. The molecule has 0 unspecified atom stereocenters. The Bertz CT molecular complexity index is 1050. The average molecular weight is 446 g/mol. The van der Waals surface area contributed by atoms with Gasteiger partial charge in [0.1, 0.15) is 17.6 Å². The third-order valence-corrected chi connectivity index (χ3v) is 4.84. The number of benzene rings is 1. The van der Waals surface area contributed by atoms with Crippen LogP contribution in [0.1, 0.15) is 22.6 Å². The number of furan rings is 1. The number of nitrogens with zero attached hydrogens (tertiary/aromatic N) is 2. The van der Waals surface area contributed by atoms with E-state index in [2.05, 4.69) is 27.3 Å². The summed E-state index contributed by atoms with van der Waals surface area (Å²) in [7, 11) is 0. The van der Waals surface area contributed by atoms with Crippen molar-refractivity contribution < 1.29 is 18.3 Å². The van der Waals surface area contributed by atoms with Crippen molar-refractivity contribution in [3.63, 3.8) is 0 Å². The fourth-order valence-corrected chi connectivity index (χ4v) is 3.12. The summed E-state index contributed by atoms with van der Waals surface area (Å²) in [6.07, 6.45) is 1.56. The predicted molar refractivity (Wildman–Crippen MR) is 105 cm³/mol. The third-order valence-electron chi connectivity index (χ3n) is 4.35. The Morgan fingerprint density at radius 3 is 2.82 bits per heavy atom. The molecule has 3 rings (SSSR count). The van der Waals surface area contributed by atoms with Gasteiger partial charge >= 0.3 is 0 Å². The van der Waals surface area contributed by atoms with Gasteiger partial charge in [-0.1, -0.05) is 15.9 Å². The summed E-state index contributed by atoms with van der Waals surface area (Å²) in [4.78, 5) is 12.4. The van der Waals surface area contributed by atoms with Gasteiger partial charge in [0.05, 0.1) is 18.4 Å². The molecule has 0 bridgehead atoms. The van der Waals surface area contributed by atoms with Crippen LogP contribution in [0.4, 0.5) is 10.2 Å². The van der Waals surface area contributed by atoms with E-state index in [0.717, 1.165) is 11.3 Å². The van der Waals surface area contributed by atoms with E-state index in [4.69, 9.17) is 9.15 Å². The van der Waals surface area contributed by atoms with Crippen LogP contribution < -0.4 is 10.1 Å². The zero-order valence-electron chi connectivity index (χ0n) is 15.3. The van der Waals surface area contributed by atoms with Crippen molar-refractivity contribution in [2.45, 2.75) is 20.4 Å². The van der Waals surface area contributed by atoms with E-state index in [-0.39, 0.29) is 5.75 Å². The van der Waals surface area contributed by atoms with Crippen molar-refractivity contribution in [1.82, 2.24) is 4.57 Å². The maximum Gasteiger partial charge on any atom is 0.263 e. The molecule has 144 valence electrons. The molecular weight excluding hydrogens is 429 g/mol. The number of aromatic nitrogens is 1. The molecule has 1 N–H and O–H groups in total. The monoisotopic (exact) mass is 445 g/mol. The lowest BCUT2D eigenvalue weighted by atomic mass is 10.2. The molecule has 0 aliphatic rings. The summed E-state index contributed by atoms with van der Waals surface area (Å²) in [5.74, 6) is -0.0629. The highest BCUT2D eigenvalue weighted by Gasteiger charge is 2.20. The maximum absolute atomic E-state index is 13.8. The van der Waals surface area contributed by atoms with Crippen LogP contribution >= 0.6 is 15.9 Å². The fourth-order valence-electron chi connectivity index (χ4n) is 2.79. The van der Waals surface area contributed by atoms with Gasteiger partial charge in [-0.25, -0.2) is 4.39 Å². The zero-order valence-corrected chi connectivity index (χ0v) is 16.8. The van der Waals surface area contributed by atoms with E-state index in [1.807, 2.05) is 19.9 Å². The lowest BCUT2D eigenvalue weighted by molar-refractivity contribution is -0.118. The van der Waals surface area contributed by atoms with E-state index < -0.39 is 18.3 Å². The largest absolute Gasteiger partial charge is 0.481 e. The first-order valence-corrected chi connectivity index (χ1v) is 9.20. The molecule has 28 heavy (non-hydrogen) atoms. The number of rotatable bonds is 6. The molecule has 0 spiro atoms. The smallest absolute Gasteiger partial charge is 0.263 e. The molecule has 0 radical (unpaired) electrons. The van der Waals surface area contributed by atoms with Crippen LogP contribution in [0.25, 0.3) is 0 Å². The molecule has 3 aromatic rings. The van der Waals surface area contributed by atoms with Crippen molar-refractivity contribution in [3.8, 4) is 11.8 Å². The molecule has 6 nitrogen and oxygen atoms in total. The van der Waals surface area contributed by atoms with E-state index in [0.29, 0.717) is 28.2 Å². The van der Waals surface area contributed by atoms with Gasteiger partial charge in [-0.15, -0.1) is 0 Å². The molecule has 0 saturated carbocycles. The molecule has 0 aliphatic heterocycles. The van der Waals surface area contributed by atoms with Gasteiger partial charge in [-0.2, -0.15) is 5.26 Å². The van der Waals surface area contributed by atoms with Gasteiger partial charge in [-0.05, 0) is 49.7 Å². The second kappa shape index (κ2) is 8.31. The molecular formula is C20H17BrFN3O3. The Morgan fingerprint density at radius 2 is 2.18 bits per heavy atom. The summed E-state index contributed by atoms with van der Waals surface area (Å²) in [5, 5.41) is 12.2. The van der Waals surface area contributed by atoms with Gasteiger partial charge in [0.25, 0.3) is 5.91 Å². The molecule has 2 heterocycles. The molecule has 1 amide bonds. The summed E-state index contributed by atoms with van der Waals surface area (Å²) >= 11 is 3.16. The Labute approximate surface area is 169 Å². The molecule has 0 atom stereocenters. The van der Waals surface area contributed by atoms with Crippen molar-refractivity contribution in [3.05, 3.63) is 69.5 Å². The Hall–Kier alpha value is -3.05. The minimum Gasteiger partial charge on any atom is -0.481 e. The van der Waals surface area contributed by atoms with Crippen LogP contribution in [0, 0.1) is 31.0 Å². The summed E-state index contributed by atoms with van der Waals surface area (Å²) in [5.41, 5.74) is 1.97. The van der Waals surface area contributed by atoms with Crippen molar-refractivity contribution in [2.24, 2.45) is 0 Å². The number of carbonyl (C=O) groups is 1. The van der Waals surface area contributed by atoms with Gasteiger partial charge in [-0.3, -0.25) is 4.79 Å². The summed E-state index contributed by atoms with van der Waals surface area (Å²) in [6, 6.07) is 10.0. The second-order valence-electron chi connectivity index (χ2n) is 6.12. The molecule has 2 aromatic heterocycles. The predicted octanol–water partition coefficient (Wildman–Crippen LogP) is 4.54. The highest BCUT2D eigenvalue weighted by atomic mass is 79.9. The van der Waals surface area contributed by atoms with Gasteiger partial charge in [0.15, 0.2) is 18.2 Å². The maximum atomic E-state index is 13.8. The third kappa shape index (κ3) is 4.10. The fraction of sp³-hybridized carbons (Fsp3) is 0.200. The van der Waals surface area contributed by atoms with Crippen LogP contribution in [0.5, 0.6) is 5.75 Å². The minimum absolute atomic E-state index is 0.0304. The molecule has 0 aliphatic carbocycles. The number of amides is 1. The first kappa shape index (κ1) is 19.7. The van der Waals surface area contributed by atoms with Crippen LogP contribution in [0.2, 0.25) is 0 Å². The Morgan fingerprint density at radius 1 is 1.39 bits per heavy atom. The van der Waals surface area contributed by atoms with E-state index in [9.17, 15) is 14.4 Å². The van der Waals surface area contributed by atoms with Crippen LogP contribution in [0.3, 0.4) is 0 Å². The average Bonchev–Trinajstić information content (AvgIpc) is 3.24. The Kier molecular flexibility index (Phi) is 5.85. The number of anilines is 1. The van der Waals surface area contributed by atoms with Crippen molar-refractivity contribution in [2.75, 3.05) is 11.9 Å². The SMILES string of the molecule is Cc1c(C#N)c(NC(=O)COc2ccc(Br)cc2F)n(Cc2ccco2)c1C. The number of nitrogens with one attached hydrogen (secondary N) is 1. The normalized spacial score (nSPS) is 10.5. The number of halogens is 2. The molecule has 8 heteroatoms. The lowest BCUT2D eigenvalue weighted by Gasteiger charge is -2.12. The molecule has 0 saturated heterocycles. The number of carbonyl (C=O) groups excluding carboxylic acids is 1. The van der Waals surface area contributed by atoms with Crippen molar-refractivity contribution >= 4 is 27.7 Å². The zero-order chi connectivity index (χ0) is 20.3. The second-order valence-corrected chi connectivity index (χ2v) is 7.04. The van der Waals surface area contributed by atoms with Crippen LogP contribution in [-0.2, 0) is 11.3 Å². The highest BCUT2D eigenvalue weighted by Crippen LogP contribution is 2.27. The van der Waals surface area contributed by atoms with Gasteiger partial charge in [0, 0.05) is 10.2 Å². The van der Waals surface area contributed by atoms with Gasteiger partial charge < -0.3 is 19.0 Å².